The van der Waals surface area contributed by atoms with E-state index in [1.807, 2.05) is 29.2 Å². The Kier molecular flexibility index (Phi) is 2.66. The number of fused-ring (bicyclic) bond motifs is 1. The Morgan fingerprint density at radius 2 is 2.21 bits per heavy atom. The molecule has 0 fully saturated rings. The van der Waals surface area contributed by atoms with Gasteiger partial charge in [-0.3, -0.25) is 4.57 Å². The van der Waals surface area contributed by atoms with Gasteiger partial charge in [0.25, 0.3) is 0 Å². The fraction of sp³-hybridized carbons (Fsp3) is 0.333. The molecule has 2 N–H and O–H groups in total. The second-order valence-electron chi connectivity index (χ2n) is 4.53. The fourth-order valence-electron chi connectivity index (χ4n) is 2.12. The van der Waals surface area contributed by atoms with Crippen molar-refractivity contribution in [3.05, 3.63) is 30.0 Å². The summed E-state index contributed by atoms with van der Waals surface area (Å²) in [6.07, 6.45) is 4.20. The van der Waals surface area contributed by atoms with Crippen molar-refractivity contribution >= 4 is 17.1 Å². The van der Waals surface area contributed by atoms with Crippen molar-refractivity contribution in [3.8, 4) is 0 Å². The molecule has 0 bridgehead atoms. The second-order valence-corrected chi connectivity index (χ2v) is 4.53. The van der Waals surface area contributed by atoms with Crippen molar-refractivity contribution in [2.75, 3.05) is 5.73 Å². The minimum Gasteiger partial charge on any atom is -0.369 e. The van der Waals surface area contributed by atoms with Crippen molar-refractivity contribution in [3.63, 3.8) is 0 Å². The minimum atomic E-state index is 0.485. The molecule has 0 amide bonds. The molecule has 3 rings (SSSR count). The zero-order valence-electron chi connectivity index (χ0n) is 10.9. The van der Waals surface area contributed by atoms with Crippen LogP contribution in [0.15, 0.2) is 18.6 Å². The number of nitrogens with two attached hydrogens (primary N) is 1. The van der Waals surface area contributed by atoms with Crippen molar-refractivity contribution in [1.29, 1.82) is 0 Å². The summed E-state index contributed by atoms with van der Waals surface area (Å²) >= 11 is 0. The van der Waals surface area contributed by atoms with Gasteiger partial charge >= 0.3 is 0 Å². The fourth-order valence-corrected chi connectivity index (χ4v) is 2.12. The van der Waals surface area contributed by atoms with Gasteiger partial charge in [0, 0.05) is 26.2 Å². The monoisotopic (exact) mass is 257 g/mol. The first-order valence-electron chi connectivity index (χ1n) is 6.07. The van der Waals surface area contributed by atoms with Gasteiger partial charge in [0.1, 0.15) is 17.7 Å². The maximum atomic E-state index is 5.97. The lowest BCUT2D eigenvalue weighted by molar-refractivity contribution is 0.665. The van der Waals surface area contributed by atoms with Gasteiger partial charge in [-0.05, 0) is 18.6 Å². The van der Waals surface area contributed by atoms with Crippen LogP contribution in [-0.4, -0.2) is 29.3 Å². The lowest BCUT2D eigenvalue weighted by Gasteiger charge is -2.05. The highest BCUT2D eigenvalue weighted by Gasteiger charge is 2.11. The summed E-state index contributed by atoms with van der Waals surface area (Å²) in [5.74, 6) is 1.40. The van der Waals surface area contributed by atoms with Crippen molar-refractivity contribution in [1.82, 2.24) is 29.3 Å². The zero-order chi connectivity index (χ0) is 13.4. The van der Waals surface area contributed by atoms with Gasteiger partial charge in [-0.1, -0.05) is 0 Å². The molecule has 98 valence electrons. The minimum absolute atomic E-state index is 0.485. The van der Waals surface area contributed by atoms with Crippen LogP contribution in [0.4, 0.5) is 5.95 Å². The van der Waals surface area contributed by atoms with Crippen LogP contribution < -0.4 is 5.73 Å². The highest BCUT2D eigenvalue weighted by molar-refractivity contribution is 5.77. The summed E-state index contributed by atoms with van der Waals surface area (Å²) in [4.78, 5) is 8.73. The molecule has 19 heavy (non-hydrogen) atoms. The molecule has 0 spiro atoms. The first kappa shape index (κ1) is 11.6. The molecule has 0 aliphatic rings. The molecular formula is C12H15N7. The van der Waals surface area contributed by atoms with Crippen LogP contribution in [0.5, 0.6) is 0 Å². The van der Waals surface area contributed by atoms with Gasteiger partial charge in [0.05, 0.1) is 0 Å². The molecule has 0 unspecified atom stereocenters. The van der Waals surface area contributed by atoms with Crippen molar-refractivity contribution < 1.29 is 0 Å². The third kappa shape index (κ3) is 1.92. The highest BCUT2D eigenvalue weighted by atomic mass is 15.3. The van der Waals surface area contributed by atoms with Crippen LogP contribution in [0.25, 0.3) is 11.2 Å². The molecule has 0 saturated carbocycles. The molecule has 0 aromatic carbocycles. The van der Waals surface area contributed by atoms with E-state index in [2.05, 4.69) is 20.2 Å². The van der Waals surface area contributed by atoms with Gasteiger partial charge in [-0.25, -0.2) is 9.97 Å². The smallest absolute Gasteiger partial charge is 0.202 e. The van der Waals surface area contributed by atoms with E-state index in [-0.39, 0.29) is 0 Å². The lowest BCUT2D eigenvalue weighted by atomic mass is 10.3. The second kappa shape index (κ2) is 4.34. The Morgan fingerprint density at radius 1 is 1.37 bits per heavy atom. The van der Waals surface area contributed by atoms with E-state index in [9.17, 15) is 0 Å². The van der Waals surface area contributed by atoms with E-state index in [0.717, 1.165) is 29.0 Å². The summed E-state index contributed by atoms with van der Waals surface area (Å²) in [6.45, 7) is 2.69. The van der Waals surface area contributed by atoms with E-state index in [4.69, 9.17) is 5.73 Å². The number of hydrogen-bond donors (Lipinski definition) is 1. The third-order valence-corrected chi connectivity index (χ3v) is 3.23. The number of rotatable bonds is 3. The van der Waals surface area contributed by atoms with Crippen molar-refractivity contribution in [2.45, 2.75) is 19.9 Å². The van der Waals surface area contributed by atoms with Crippen LogP contribution >= 0.6 is 0 Å². The Bertz CT molecular complexity index is 725. The van der Waals surface area contributed by atoms with Gasteiger partial charge in [0.2, 0.25) is 5.95 Å². The van der Waals surface area contributed by atoms with E-state index < -0.39 is 0 Å². The Labute approximate surface area is 110 Å². The number of anilines is 1. The van der Waals surface area contributed by atoms with E-state index >= 15 is 0 Å². The van der Waals surface area contributed by atoms with E-state index in [1.165, 1.54) is 0 Å². The summed E-state index contributed by atoms with van der Waals surface area (Å²) in [7, 11) is 1.92. The Morgan fingerprint density at radius 3 is 2.95 bits per heavy atom. The molecule has 0 radical (unpaired) electrons. The molecule has 0 atom stereocenters. The van der Waals surface area contributed by atoms with Gasteiger partial charge in [0.15, 0.2) is 5.65 Å². The predicted molar refractivity (Wildman–Crippen MR) is 71.4 cm³/mol. The lowest BCUT2D eigenvalue weighted by Crippen LogP contribution is -2.09. The van der Waals surface area contributed by atoms with E-state index in [1.54, 1.807) is 12.5 Å². The summed E-state index contributed by atoms with van der Waals surface area (Å²) in [6, 6.07) is 1.93. The average molecular weight is 257 g/mol. The molecule has 7 nitrogen and oxygen atoms in total. The topological polar surface area (TPSA) is 87.4 Å². The van der Waals surface area contributed by atoms with Crippen LogP contribution in [0.1, 0.15) is 11.4 Å². The quantitative estimate of drug-likeness (QED) is 0.746. The molecule has 7 heteroatoms. The number of pyridine rings is 1. The summed E-state index contributed by atoms with van der Waals surface area (Å²) in [5, 5.41) is 7.92. The first-order valence-corrected chi connectivity index (χ1v) is 6.07. The van der Waals surface area contributed by atoms with E-state index in [0.29, 0.717) is 12.5 Å². The van der Waals surface area contributed by atoms with Crippen LogP contribution in [0.3, 0.4) is 0 Å². The summed E-state index contributed by atoms with van der Waals surface area (Å²) in [5.41, 5.74) is 8.72. The number of hydrogen-bond acceptors (Lipinski definition) is 5. The number of aryl methyl sites for hydroxylation is 4. The molecule has 3 aromatic rings. The van der Waals surface area contributed by atoms with Gasteiger partial charge in [-0.2, -0.15) is 0 Å². The normalized spacial score (nSPS) is 11.3. The summed E-state index contributed by atoms with van der Waals surface area (Å²) < 4.78 is 3.81. The Balaban J connectivity index is 1.95. The number of imidazole rings is 1. The van der Waals surface area contributed by atoms with Gasteiger partial charge in [-0.15, -0.1) is 10.2 Å². The Hall–Kier alpha value is -2.44. The predicted octanol–water partition coefficient (Wildman–Crippen LogP) is 0.693. The SMILES string of the molecule is Cc1ccnc2c1nc(N)n2CCc1nncn1C. The number of nitrogens with zero attached hydrogens (tertiary/aromatic N) is 6. The molecule has 3 heterocycles. The van der Waals surface area contributed by atoms with Crippen LogP contribution in [-0.2, 0) is 20.0 Å². The molecular weight excluding hydrogens is 242 g/mol. The molecule has 0 aliphatic heterocycles. The highest BCUT2D eigenvalue weighted by Crippen LogP contribution is 2.18. The maximum absolute atomic E-state index is 5.97. The van der Waals surface area contributed by atoms with Crippen molar-refractivity contribution in [2.24, 2.45) is 7.05 Å². The third-order valence-electron chi connectivity index (χ3n) is 3.23. The zero-order valence-corrected chi connectivity index (χ0v) is 10.9. The van der Waals surface area contributed by atoms with Gasteiger partial charge < -0.3 is 10.3 Å². The number of nitrogen functional groups attached to an aromatic ring is 1. The molecule has 0 aliphatic carbocycles. The largest absolute Gasteiger partial charge is 0.369 e. The molecule has 3 aromatic heterocycles. The first-order chi connectivity index (χ1) is 9.16. The standard InChI is InChI=1S/C12H15N7/c1-8-3-5-14-11-10(8)16-12(13)19(11)6-4-9-17-15-7-18(9)2/h3,5,7H,4,6H2,1-2H3,(H2,13,16). The average Bonchev–Trinajstić information content (AvgIpc) is 2.92. The number of aromatic nitrogens is 6. The molecule has 0 saturated heterocycles. The maximum Gasteiger partial charge on any atom is 0.202 e. The van der Waals surface area contributed by atoms with Crippen LogP contribution in [0.2, 0.25) is 0 Å². The van der Waals surface area contributed by atoms with Crippen LogP contribution in [0, 0.1) is 6.92 Å².